The maximum Gasteiger partial charge on any atom is 0.124 e. The first-order valence-corrected chi connectivity index (χ1v) is 29.6. The topological polar surface area (TPSA) is 123 Å². The Morgan fingerprint density at radius 3 is 1.15 bits per heavy atom. The van der Waals surface area contributed by atoms with E-state index in [0.717, 1.165) is 0 Å². The number of aliphatic hydroxyl groups excluding tert-OH is 1. The third kappa shape index (κ3) is 4.81. The highest BCUT2D eigenvalue weighted by Gasteiger charge is 2.78. The Labute approximate surface area is 213 Å². The molecule has 7 nitrogen and oxygen atoms in total. The number of oxime groups is 1. The van der Waals surface area contributed by atoms with Crippen LogP contribution >= 0.6 is 0 Å². The first-order valence-electron chi connectivity index (χ1n) is 12.1. The Kier molecular flexibility index (Phi) is 9.69. The fraction of sp³-hybridized carbons (Fsp3) is 0.955. The Balaban J connectivity index is 8.43. The highest BCUT2D eigenvalue weighted by Crippen LogP contribution is 2.52. The van der Waals surface area contributed by atoms with E-state index in [1.54, 1.807) is 0 Å². The lowest BCUT2D eigenvalue weighted by Gasteiger charge is -2.66. The van der Waals surface area contributed by atoms with Gasteiger partial charge >= 0.3 is 0 Å². The number of nitrogens with zero attached hydrogens (tertiary/aromatic N) is 1. The molecule has 0 saturated heterocycles. The molecular formula is C22H55NO6Si5. The second-order valence-electron chi connectivity index (χ2n) is 15.0. The molecule has 0 bridgehead atoms. The summed E-state index contributed by atoms with van der Waals surface area (Å²) in [5.41, 5.74) is 0.0371. The van der Waals surface area contributed by atoms with Crippen LogP contribution in [-0.2, 0) is 4.84 Å². The largest absolute Gasteiger partial charge is 0.399 e. The standard InChI is InChI=1S/C22H55NO6Si5/c1-29-23-18(21(27,32(8,9)10)33(11,12)13)20(26,31(5,6)7)22(28,34(14,15)16)19(25,17-24)30(2,3)4/h24-28H,17H2,1-16H3/t19-,20-,22-/m0/s1. The molecule has 0 spiro atoms. The zero-order valence-corrected chi connectivity index (χ0v) is 29.8. The summed E-state index contributed by atoms with van der Waals surface area (Å²) in [5, 5.41) is 60.1. The molecule has 0 aliphatic carbocycles. The Morgan fingerprint density at radius 2 is 0.971 bits per heavy atom. The van der Waals surface area contributed by atoms with E-state index in [1.807, 2.05) is 98.2 Å². The van der Waals surface area contributed by atoms with Crippen molar-refractivity contribution in [2.24, 2.45) is 5.16 Å². The van der Waals surface area contributed by atoms with Crippen molar-refractivity contribution < 1.29 is 30.4 Å². The average molecular weight is 570 g/mol. The fourth-order valence-electron chi connectivity index (χ4n) is 5.75. The molecule has 0 aliphatic heterocycles. The molecule has 0 heterocycles. The summed E-state index contributed by atoms with van der Waals surface area (Å²) in [5.74, 6) is 0. The first kappa shape index (κ1) is 34.4. The van der Waals surface area contributed by atoms with Crippen LogP contribution < -0.4 is 0 Å². The maximum absolute atomic E-state index is 13.2. The molecular weight excluding hydrogens is 515 g/mol. The van der Waals surface area contributed by atoms with Crippen LogP contribution in [0.15, 0.2) is 5.16 Å². The molecule has 0 amide bonds. The van der Waals surface area contributed by atoms with E-state index < -0.39 is 67.5 Å². The van der Waals surface area contributed by atoms with Gasteiger partial charge in [0.15, 0.2) is 0 Å². The van der Waals surface area contributed by atoms with Gasteiger partial charge in [0.05, 0.1) is 51.8 Å². The van der Waals surface area contributed by atoms with Crippen LogP contribution in [0.5, 0.6) is 0 Å². The minimum atomic E-state index is -2.96. The van der Waals surface area contributed by atoms with Crippen molar-refractivity contribution in [3.63, 3.8) is 0 Å². The van der Waals surface area contributed by atoms with Crippen molar-refractivity contribution in [3.8, 4) is 0 Å². The monoisotopic (exact) mass is 569 g/mol. The zero-order chi connectivity index (χ0) is 28.2. The molecule has 0 saturated carbocycles. The third-order valence-electron chi connectivity index (χ3n) is 7.80. The number of aliphatic hydroxyl groups is 5. The predicted molar refractivity (Wildman–Crippen MR) is 158 cm³/mol. The SMILES string of the molecule is CON=C(C(O)([Si](C)(C)C)[Si](C)(C)C)[C@@](O)([C@](O)([C@](O)(CO)[Si](C)(C)C)[Si](C)(C)C)[Si](C)(C)C. The van der Waals surface area contributed by atoms with E-state index in [-0.39, 0.29) is 5.71 Å². The molecule has 0 rings (SSSR count). The van der Waals surface area contributed by atoms with Gasteiger partial charge in [-0.2, -0.15) is 0 Å². The third-order valence-corrected chi connectivity index (χ3v) is 26.3. The lowest BCUT2D eigenvalue weighted by atomic mass is 10.00. The predicted octanol–water partition coefficient (Wildman–Crippen LogP) is 3.29. The molecule has 204 valence electrons. The number of hydrogen-bond donors (Lipinski definition) is 5. The van der Waals surface area contributed by atoms with Crippen LogP contribution in [0.2, 0.25) is 98.2 Å². The van der Waals surface area contributed by atoms with Crippen LogP contribution in [0.4, 0.5) is 0 Å². The minimum absolute atomic E-state index is 0.0371. The Bertz CT molecular complexity index is 746. The second-order valence-corrected chi connectivity index (χ2v) is 41.7. The summed E-state index contributed by atoms with van der Waals surface area (Å²) in [7, 11) is -12.4. The molecule has 0 unspecified atom stereocenters. The Hall–Kier alpha value is 0.354. The summed E-state index contributed by atoms with van der Waals surface area (Å²) in [4.78, 5) is 3.85. The quantitative estimate of drug-likeness (QED) is 0.148. The first-order chi connectivity index (χ1) is 14.5. The highest BCUT2D eigenvalue weighted by molar-refractivity contribution is 7.04. The van der Waals surface area contributed by atoms with Crippen LogP contribution in [0.1, 0.15) is 0 Å². The van der Waals surface area contributed by atoms with Gasteiger partial charge in [0, 0.05) is 0 Å². The molecule has 0 aromatic carbocycles. The van der Waals surface area contributed by atoms with Gasteiger partial charge in [-0.05, 0) is 0 Å². The van der Waals surface area contributed by atoms with Crippen LogP contribution in [-0.4, -0.2) is 106 Å². The van der Waals surface area contributed by atoms with Gasteiger partial charge < -0.3 is 30.4 Å². The van der Waals surface area contributed by atoms with E-state index in [1.165, 1.54) is 7.11 Å². The average Bonchev–Trinajstić information content (AvgIpc) is 2.58. The van der Waals surface area contributed by atoms with Crippen molar-refractivity contribution >= 4 is 46.1 Å². The fourth-order valence-corrected chi connectivity index (χ4v) is 28.0. The Morgan fingerprint density at radius 1 is 0.618 bits per heavy atom. The van der Waals surface area contributed by atoms with Gasteiger partial charge in [0.1, 0.15) is 28.5 Å². The van der Waals surface area contributed by atoms with Crippen LogP contribution in [0.3, 0.4) is 0 Å². The molecule has 34 heavy (non-hydrogen) atoms. The van der Waals surface area contributed by atoms with E-state index in [9.17, 15) is 25.5 Å². The van der Waals surface area contributed by atoms with Gasteiger partial charge in [0.2, 0.25) is 0 Å². The van der Waals surface area contributed by atoms with E-state index >= 15 is 0 Å². The summed E-state index contributed by atoms with van der Waals surface area (Å²) in [6, 6.07) is 0. The van der Waals surface area contributed by atoms with E-state index in [0.29, 0.717) is 0 Å². The smallest absolute Gasteiger partial charge is 0.124 e. The van der Waals surface area contributed by atoms with Gasteiger partial charge in [-0.3, -0.25) is 0 Å². The van der Waals surface area contributed by atoms with Gasteiger partial charge in [-0.1, -0.05) is 103 Å². The summed E-state index contributed by atoms with van der Waals surface area (Å²) >= 11 is 0. The van der Waals surface area contributed by atoms with E-state index in [4.69, 9.17) is 4.84 Å². The number of hydrogen-bond acceptors (Lipinski definition) is 7. The van der Waals surface area contributed by atoms with Crippen molar-refractivity contribution in [2.75, 3.05) is 13.7 Å². The lowest BCUT2D eigenvalue weighted by Crippen LogP contribution is -2.93. The summed E-state index contributed by atoms with van der Waals surface area (Å²) in [6.07, 6.45) is 0. The van der Waals surface area contributed by atoms with Crippen LogP contribution in [0.25, 0.3) is 0 Å². The molecule has 0 aliphatic rings. The summed E-state index contributed by atoms with van der Waals surface area (Å²) in [6.45, 7) is 28.6. The molecule has 3 atom stereocenters. The van der Waals surface area contributed by atoms with Crippen molar-refractivity contribution in [2.45, 2.75) is 119 Å². The van der Waals surface area contributed by atoms with Crippen molar-refractivity contribution in [1.82, 2.24) is 0 Å². The maximum atomic E-state index is 13.2. The molecule has 0 aromatic heterocycles. The van der Waals surface area contributed by atoms with E-state index in [2.05, 4.69) is 5.16 Å². The van der Waals surface area contributed by atoms with Crippen molar-refractivity contribution in [1.29, 1.82) is 0 Å². The van der Waals surface area contributed by atoms with Gasteiger partial charge in [-0.25, -0.2) is 0 Å². The highest BCUT2D eigenvalue weighted by atomic mass is 28.4. The molecule has 0 aromatic rings. The second kappa shape index (κ2) is 9.59. The zero-order valence-electron chi connectivity index (χ0n) is 24.8. The van der Waals surface area contributed by atoms with Gasteiger partial charge in [-0.15, -0.1) is 0 Å². The number of rotatable bonds is 11. The molecule has 5 N–H and O–H groups in total. The molecule has 0 radical (unpaired) electrons. The van der Waals surface area contributed by atoms with Crippen molar-refractivity contribution in [3.05, 3.63) is 0 Å². The minimum Gasteiger partial charge on any atom is -0.399 e. The van der Waals surface area contributed by atoms with Crippen LogP contribution in [0, 0.1) is 0 Å². The summed E-state index contributed by atoms with van der Waals surface area (Å²) < 4.78 is 0. The molecule has 0 fully saturated rings. The normalized spacial score (nSPS) is 20.9. The lowest BCUT2D eigenvalue weighted by molar-refractivity contribution is -0.142. The van der Waals surface area contributed by atoms with Gasteiger partial charge in [0.25, 0.3) is 0 Å². The molecule has 12 heteroatoms.